The molecule has 2 N–H and O–H groups in total. The molecule has 1 aromatic carbocycles. The molecule has 0 saturated carbocycles. The number of carbonyl (C=O) groups excluding carboxylic acids is 1. The number of hydroxylamine groups is 1. The van der Waals surface area contributed by atoms with E-state index in [2.05, 4.69) is 4.98 Å². The minimum atomic E-state index is -0.484. The number of hydrogen-bond acceptors (Lipinski definition) is 4. The fraction of sp³-hybridized carbons (Fsp3) is 0.294. The summed E-state index contributed by atoms with van der Waals surface area (Å²) in [4.78, 5) is 15.5. The summed E-state index contributed by atoms with van der Waals surface area (Å²) in [5.74, 6) is -0.484. The molecule has 1 aliphatic rings. The van der Waals surface area contributed by atoms with Crippen LogP contribution in [0.3, 0.4) is 0 Å². The van der Waals surface area contributed by atoms with Crippen LogP contribution in [0.4, 0.5) is 0 Å². The zero-order chi connectivity index (χ0) is 15.4. The minimum Gasteiger partial charge on any atom is -0.373 e. The van der Waals surface area contributed by atoms with E-state index in [4.69, 9.17) is 9.94 Å². The maximum Gasteiger partial charge on any atom is 0.274 e. The molecule has 1 atom stereocenters. The van der Waals surface area contributed by atoms with Crippen LogP contribution in [0.2, 0.25) is 0 Å². The Kier molecular flexibility index (Phi) is 4.46. The lowest BCUT2D eigenvalue weighted by atomic mass is 9.88. The molecular weight excluding hydrogens is 280 g/mol. The van der Waals surface area contributed by atoms with Crippen LogP contribution in [0.25, 0.3) is 0 Å². The first-order valence-corrected chi connectivity index (χ1v) is 7.33. The summed E-state index contributed by atoms with van der Waals surface area (Å²) >= 11 is 0. The first-order chi connectivity index (χ1) is 10.8. The highest BCUT2D eigenvalue weighted by atomic mass is 16.5. The molecule has 0 radical (unpaired) electrons. The zero-order valence-electron chi connectivity index (χ0n) is 12.2. The van der Waals surface area contributed by atoms with Gasteiger partial charge in [0.05, 0.1) is 12.7 Å². The second-order valence-corrected chi connectivity index (χ2v) is 5.46. The van der Waals surface area contributed by atoms with Gasteiger partial charge in [0.1, 0.15) is 0 Å². The summed E-state index contributed by atoms with van der Waals surface area (Å²) in [6, 6.07) is 9.42. The van der Waals surface area contributed by atoms with Crippen LogP contribution in [0.5, 0.6) is 0 Å². The largest absolute Gasteiger partial charge is 0.373 e. The second-order valence-electron chi connectivity index (χ2n) is 5.46. The first kappa shape index (κ1) is 14.7. The molecule has 1 aliphatic carbocycles. The number of nitrogens with zero attached hydrogens (tertiary/aromatic N) is 1. The Bertz CT molecular complexity index is 658. The number of hydrogen-bond donors (Lipinski definition) is 2. The molecule has 0 saturated heterocycles. The predicted molar refractivity (Wildman–Crippen MR) is 80.5 cm³/mol. The Morgan fingerprint density at radius 2 is 2.09 bits per heavy atom. The lowest BCUT2D eigenvalue weighted by Crippen LogP contribution is -2.24. The van der Waals surface area contributed by atoms with E-state index in [1.54, 1.807) is 23.9 Å². The van der Waals surface area contributed by atoms with Crippen LogP contribution in [0, 0.1) is 0 Å². The van der Waals surface area contributed by atoms with Gasteiger partial charge in [-0.3, -0.25) is 15.0 Å². The van der Waals surface area contributed by atoms with Crippen molar-refractivity contribution in [1.29, 1.82) is 0 Å². The summed E-state index contributed by atoms with van der Waals surface area (Å²) in [5.41, 5.74) is 5.61. The molecule has 1 heterocycles. The minimum absolute atomic E-state index is 0.146. The second kappa shape index (κ2) is 6.68. The van der Waals surface area contributed by atoms with Crippen LogP contribution in [0.15, 0.2) is 42.7 Å². The monoisotopic (exact) mass is 298 g/mol. The Balaban J connectivity index is 1.66. The maximum absolute atomic E-state index is 11.5. The van der Waals surface area contributed by atoms with Crippen molar-refractivity contribution in [3.05, 3.63) is 65.0 Å². The highest BCUT2D eigenvalue weighted by Gasteiger charge is 2.20. The highest BCUT2D eigenvalue weighted by Crippen LogP contribution is 2.25. The van der Waals surface area contributed by atoms with Gasteiger partial charge in [0, 0.05) is 18.0 Å². The number of pyridine rings is 1. The van der Waals surface area contributed by atoms with Crippen molar-refractivity contribution in [3.63, 3.8) is 0 Å². The molecule has 1 aromatic heterocycles. The van der Waals surface area contributed by atoms with Crippen LogP contribution in [-0.2, 0) is 24.2 Å². The van der Waals surface area contributed by atoms with Gasteiger partial charge in [0.15, 0.2) is 0 Å². The van der Waals surface area contributed by atoms with Crippen molar-refractivity contribution in [2.75, 3.05) is 0 Å². The summed E-state index contributed by atoms with van der Waals surface area (Å²) in [5, 5.41) is 8.73. The van der Waals surface area contributed by atoms with Crippen molar-refractivity contribution in [3.8, 4) is 0 Å². The third kappa shape index (κ3) is 3.32. The van der Waals surface area contributed by atoms with Gasteiger partial charge in [0.2, 0.25) is 0 Å². The molecule has 22 heavy (non-hydrogen) atoms. The summed E-state index contributed by atoms with van der Waals surface area (Å²) in [6.45, 7) is 0.569. The number of aryl methyl sites for hydroxylation is 1. The van der Waals surface area contributed by atoms with Gasteiger partial charge >= 0.3 is 0 Å². The van der Waals surface area contributed by atoms with Gasteiger partial charge in [-0.05, 0) is 60.2 Å². The van der Waals surface area contributed by atoms with E-state index < -0.39 is 5.91 Å². The van der Waals surface area contributed by atoms with E-state index in [-0.39, 0.29) is 6.10 Å². The molecule has 1 amide bonds. The average Bonchev–Trinajstić information content (AvgIpc) is 2.59. The molecule has 3 rings (SSSR count). The van der Waals surface area contributed by atoms with Crippen LogP contribution >= 0.6 is 0 Å². The fourth-order valence-electron chi connectivity index (χ4n) is 2.76. The maximum atomic E-state index is 11.5. The van der Waals surface area contributed by atoms with Gasteiger partial charge < -0.3 is 4.74 Å². The number of amides is 1. The lowest BCUT2D eigenvalue weighted by Gasteiger charge is -2.25. The summed E-state index contributed by atoms with van der Waals surface area (Å²) in [6.07, 6.45) is 6.37. The number of benzene rings is 1. The topological polar surface area (TPSA) is 71.5 Å². The van der Waals surface area contributed by atoms with E-state index >= 15 is 0 Å². The van der Waals surface area contributed by atoms with Crippen molar-refractivity contribution in [1.82, 2.24) is 10.5 Å². The zero-order valence-corrected chi connectivity index (χ0v) is 12.2. The van der Waals surface area contributed by atoms with E-state index in [0.717, 1.165) is 30.4 Å². The van der Waals surface area contributed by atoms with E-state index in [1.165, 1.54) is 5.56 Å². The molecular formula is C17H18N2O3. The Labute approximate surface area is 128 Å². The third-order valence-electron chi connectivity index (χ3n) is 3.99. The first-order valence-electron chi connectivity index (χ1n) is 7.33. The number of carbonyl (C=O) groups is 1. The van der Waals surface area contributed by atoms with Gasteiger partial charge in [-0.25, -0.2) is 5.48 Å². The van der Waals surface area contributed by atoms with Gasteiger partial charge in [-0.2, -0.15) is 0 Å². The Morgan fingerprint density at radius 1 is 1.27 bits per heavy atom. The molecule has 5 nitrogen and oxygen atoms in total. The standard InChI is InChI=1S/C17H18N2O3/c20-17(19-21)14-2-1-13-3-4-16(10-15(13)9-14)22-11-12-5-7-18-8-6-12/h1-2,5-9,16,21H,3-4,10-11H2,(H,19,20). The number of nitrogens with one attached hydrogen (secondary N) is 1. The number of fused-ring (bicyclic) bond motifs is 1. The van der Waals surface area contributed by atoms with E-state index in [9.17, 15) is 4.79 Å². The van der Waals surface area contributed by atoms with Crippen molar-refractivity contribution in [2.45, 2.75) is 32.0 Å². The van der Waals surface area contributed by atoms with Crippen LogP contribution in [0.1, 0.15) is 33.5 Å². The van der Waals surface area contributed by atoms with Crippen LogP contribution < -0.4 is 5.48 Å². The molecule has 1 unspecified atom stereocenters. The molecule has 0 fully saturated rings. The molecule has 0 aliphatic heterocycles. The Hall–Kier alpha value is -2.24. The van der Waals surface area contributed by atoms with Crippen molar-refractivity contribution in [2.24, 2.45) is 0 Å². The van der Waals surface area contributed by atoms with Gasteiger partial charge in [-0.1, -0.05) is 6.07 Å². The molecule has 5 heteroatoms. The summed E-state index contributed by atoms with van der Waals surface area (Å²) in [7, 11) is 0. The van der Waals surface area contributed by atoms with Crippen molar-refractivity contribution < 1.29 is 14.7 Å². The third-order valence-corrected chi connectivity index (χ3v) is 3.99. The normalized spacial score (nSPS) is 16.9. The molecule has 0 spiro atoms. The smallest absolute Gasteiger partial charge is 0.274 e. The lowest BCUT2D eigenvalue weighted by molar-refractivity contribution is 0.0318. The molecule has 0 bridgehead atoms. The van der Waals surface area contributed by atoms with Crippen molar-refractivity contribution >= 4 is 5.91 Å². The molecule has 2 aromatic rings. The van der Waals surface area contributed by atoms with Gasteiger partial charge in [0.25, 0.3) is 5.91 Å². The SMILES string of the molecule is O=C(NO)c1ccc2c(c1)CC(OCc1ccncc1)CC2. The number of ether oxygens (including phenoxy) is 1. The fourth-order valence-corrected chi connectivity index (χ4v) is 2.76. The Morgan fingerprint density at radius 3 is 2.86 bits per heavy atom. The summed E-state index contributed by atoms with van der Waals surface area (Å²) < 4.78 is 5.97. The van der Waals surface area contributed by atoms with E-state index in [0.29, 0.717) is 12.2 Å². The highest BCUT2D eigenvalue weighted by molar-refractivity contribution is 5.93. The molecule has 114 valence electrons. The van der Waals surface area contributed by atoms with E-state index in [1.807, 2.05) is 24.3 Å². The number of rotatable bonds is 4. The van der Waals surface area contributed by atoms with Crippen LogP contribution in [-0.4, -0.2) is 22.2 Å². The average molecular weight is 298 g/mol. The predicted octanol–water partition coefficient (Wildman–Crippen LogP) is 2.27. The quantitative estimate of drug-likeness (QED) is 0.671. The van der Waals surface area contributed by atoms with Gasteiger partial charge in [-0.15, -0.1) is 0 Å². The number of aromatic nitrogens is 1.